The Balaban J connectivity index is 1.44. The van der Waals surface area contributed by atoms with Gasteiger partial charge in [0.2, 0.25) is 5.91 Å². The van der Waals surface area contributed by atoms with Crippen LogP contribution in [-0.2, 0) is 17.6 Å². The lowest BCUT2D eigenvalue weighted by molar-refractivity contribution is -0.115. The Bertz CT molecular complexity index is 1270. The third kappa shape index (κ3) is 5.64. The van der Waals surface area contributed by atoms with Gasteiger partial charge < -0.3 is 10.6 Å². The highest BCUT2D eigenvalue weighted by Gasteiger charge is 2.25. The van der Waals surface area contributed by atoms with Gasteiger partial charge in [0.05, 0.1) is 10.8 Å². The number of hydrogen-bond acceptors (Lipinski definition) is 5. The minimum atomic E-state index is -0.329. The highest BCUT2D eigenvalue weighted by Crippen LogP contribution is 2.38. The van der Waals surface area contributed by atoms with Crippen LogP contribution in [0.5, 0.6) is 0 Å². The topological polar surface area (TPSA) is 82.0 Å². The molecule has 5 nitrogen and oxygen atoms in total. The predicted octanol–water partition coefficient (Wildman–Crippen LogP) is 6.91. The molecule has 1 aromatic heterocycles. The van der Waals surface area contributed by atoms with Crippen molar-refractivity contribution in [3.8, 4) is 6.07 Å². The molecule has 2 N–H and O–H groups in total. The number of carbonyl (C=O) groups is 2. The number of nitrogens with one attached hydrogen (secondary N) is 2. The van der Waals surface area contributed by atoms with Gasteiger partial charge in [0, 0.05) is 26.0 Å². The van der Waals surface area contributed by atoms with Crippen LogP contribution in [0, 0.1) is 11.3 Å². The van der Waals surface area contributed by atoms with Crippen LogP contribution in [0.2, 0.25) is 5.02 Å². The average Bonchev–Trinajstić information content (AvgIpc) is 3.19. The number of nitriles is 1. The SMILES string of the molecule is CCC(Sc1cccc(NC(=O)c2cccc(Cl)c2)c1)C(=O)Nc1sc2c(c1C#N)CCCC2. The number of anilines is 2. The van der Waals surface area contributed by atoms with Crippen LogP contribution in [0.1, 0.15) is 52.5 Å². The second-order valence-corrected chi connectivity index (χ2v) is 10.8. The lowest BCUT2D eigenvalue weighted by atomic mass is 9.96. The third-order valence-corrected chi connectivity index (χ3v) is 8.44. The summed E-state index contributed by atoms with van der Waals surface area (Å²) in [6.07, 6.45) is 4.73. The molecule has 0 saturated heterocycles. The maximum atomic E-state index is 13.1. The molecule has 0 aliphatic heterocycles. The van der Waals surface area contributed by atoms with Crippen molar-refractivity contribution in [2.24, 2.45) is 0 Å². The quantitative estimate of drug-likeness (QED) is 0.339. The fourth-order valence-electron chi connectivity index (χ4n) is 3.93. The molecule has 3 aromatic rings. The van der Waals surface area contributed by atoms with Crippen LogP contribution >= 0.6 is 34.7 Å². The standard InChI is InChI=1S/C26H24ClN3O2S2/c1-2-22(25(32)30-26-21(15-28)20-11-3-4-12-23(20)34-26)33-19-10-6-9-18(14-19)29-24(31)16-7-5-8-17(27)13-16/h5-10,13-14,22H,2-4,11-12H2,1H3,(H,29,31)(H,30,32). The second-order valence-electron chi connectivity index (χ2n) is 8.02. The molecule has 1 aliphatic carbocycles. The van der Waals surface area contributed by atoms with E-state index in [-0.39, 0.29) is 17.1 Å². The summed E-state index contributed by atoms with van der Waals surface area (Å²) in [5, 5.41) is 16.4. The molecule has 1 aliphatic rings. The van der Waals surface area contributed by atoms with Crippen molar-refractivity contribution in [2.45, 2.75) is 49.2 Å². The summed E-state index contributed by atoms with van der Waals surface area (Å²) in [6, 6.07) is 16.5. The maximum absolute atomic E-state index is 13.1. The normalized spacial score (nSPS) is 13.4. The maximum Gasteiger partial charge on any atom is 0.255 e. The zero-order valence-electron chi connectivity index (χ0n) is 18.7. The minimum absolute atomic E-state index is 0.115. The van der Waals surface area contributed by atoms with E-state index in [4.69, 9.17) is 11.6 Å². The molecule has 34 heavy (non-hydrogen) atoms. The summed E-state index contributed by atoms with van der Waals surface area (Å²) in [7, 11) is 0. The van der Waals surface area contributed by atoms with E-state index in [1.165, 1.54) is 28.0 Å². The number of amides is 2. The van der Waals surface area contributed by atoms with E-state index in [0.717, 1.165) is 36.1 Å². The molecule has 0 spiro atoms. The molecule has 0 fully saturated rings. The summed E-state index contributed by atoms with van der Waals surface area (Å²) in [4.78, 5) is 27.7. The molecule has 1 atom stereocenters. The number of halogens is 1. The highest BCUT2D eigenvalue weighted by atomic mass is 35.5. The van der Waals surface area contributed by atoms with Gasteiger partial charge in [-0.2, -0.15) is 5.26 Å². The van der Waals surface area contributed by atoms with E-state index in [1.807, 2.05) is 31.2 Å². The lowest BCUT2D eigenvalue weighted by Gasteiger charge is -2.15. The number of thiophene rings is 1. The molecule has 2 aromatic carbocycles. The molecule has 174 valence electrons. The number of carbonyl (C=O) groups excluding carboxylic acids is 2. The van der Waals surface area contributed by atoms with Gasteiger partial charge in [-0.15, -0.1) is 23.1 Å². The van der Waals surface area contributed by atoms with Crippen LogP contribution in [0.15, 0.2) is 53.4 Å². The van der Waals surface area contributed by atoms with Gasteiger partial charge in [-0.05, 0) is 74.1 Å². The second kappa shape index (κ2) is 11.1. The lowest BCUT2D eigenvalue weighted by Crippen LogP contribution is -2.24. The van der Waals surface area contributed by atoms with Gasteiger partial charge in [-0.1, -0.05) is 30.7 Å². The van der Waals surface area contributed by atoms with Crippen molar-refractivity contribution in [3.05, 3.63) is 75.1 Å². The van der Waals surface area contributed by atoms with Crippen molar-refractivity contribution < 1.29 is 9.59 Å². The third-order valence-electron chi connectivity index (χ3n) is 5.64. The van der Waals surface area contributed by atoms with Crippen molar-refractivity contribution in [1.82, 2.24) is 0 Å². The molecule has 2 amide bonds. The summed E-state index contributed by atoms with van der Waals surface area (Å²) in [5.41, 5.74) is 2.85. The Morgan fingerprint density at radius 3 is 2.71 bits per heavy atom. The first-order valence-electron chi connectivity index (χ1n) is 11.2. The largest absolute Gasteiger partial charge is 0.322 e. The zero-order valence-corrected chi connectivity index (χ0v) is 21.1. The number of nitrogens with zero attached hydrogens (tertiary/aromatic N) is 1. The number of benzene rings is 2. The Morgan fingerprint density at radius 1 is 1.15 bits per heavy atom. The van der Waals surface area contributed by atoms with Gasteiger partial charge in [0.15, 0.2) is 0 Å². The number of thioether (sulfide) groups is 1. The highest BCUT2D eigenvalue weighted by molar-refractivity contribution is 8.00. The smallest absolute Gasteiger partial charge is 0.255 e. The monoisotopic (exact) mass is 509 g/mol. The van der Waals surface area contributed by atoms with E-state index in [9.17, 15) is 14.9 Å². The Hall–Kier alpha value is -2.79. The van der Waals surface area contributed by atoms with Gasteiger partial charge in [0.1, 0.15) is 11.1 Å². The van der Waals surface area contributed by atoms with Crippen LogP contribution in [0.25, 0.3) is 0 Å². The molecular weight excluding hydrogens is 486 g/mol. The molecule has 4 rings (SSSR count). The Kier molecular flexibility index (Phi) is 7.94. The molecule has 1 unspecified atom stereocenters. The van der Waals surface area contributed by atoms with Gasteiger partial charge in [0.25, 0.3) is 5.91 Å². The average molecular weight is 510 g/mol. The first-order valence-corrected chi connectivity index (χ1v) is 13.2. The van der Waals surface area contributed by atoms with Crippen LogP contribution in [0.3, 0.4) is 0 Å². The Morgan fingerprint density at radius 2 is 1.94 bits per heavy atom. The van der Waals surface area contributed by atoms with E-state index in [2.05, 4.69) is 16.7 Å². The van der Waals surface area contributed by atoms with Crippen molar-refractivity contribution in [2.75, 3.05) is 10.6 Å². The summed E-state index contributed by atoms with van der Waals surface area (Å²) in [6.45, 7) is 1.96. The van der Waals surface area contributed by atoms with Crippen LogP contribution < -0.4 is 10.6 Å². The number of hydrogen-bond donors (Lipinski definition) is 2. The minimum Gasteiger partial charge on any atom is -0.322 e. The number of aryl methyl sites for hydroxylation is 1. The van der Waals surface area contributed by atoms with Gasteiger partial charge in [-0.3, -0.25) is 9.59 Å². The van der Waals surface area contributed by atoms with E-state index in [0.29, 0.717) is 33.3 Å². The molecule has 1 heterocycles. The molecule has 0 radical (unpaired) electrons. The molecule has 8 heteroatoms. The van der Waals surface area contributed by atoms with Crippen molar-refractivity contribution in [3.63, 3.8) is 0 Å². The van der Waals surface area contributed by atoms with Crippen molar-refractivity contribution in [1.29, 1.82) is 5.26 Å². The predicted molar refractivity (Wildman–Crippen MR) is 140 cm³/mol. The van der Waals surface area contributed by atoms with E-state index >= 15 is 0 Å². The number of fused-ring (bicyclic) bond motifs is 1. The molecule has 0 saturated carbocycles. The fourth-order valence-corrected chi connectivity index (χ4v) is 6.38. The number of rotatable bonds is 7. The van der Waals surface area contributed by atoms with Gasteiger partial charge in [-0.25, -0.2) is 0 Å². The molecule has 0 bridgehead atoms. The summed E-state index contributed by atoms with van der Waals surface area (Å²) >= 11 is 8.97. The fraction of sp³-hybridized carbons (Fsp3) is 0.269. The summed E-state index contributed by atoms with van der Waals surface area (Å²) in [5.74, 6) is -0.365. The van der Waals surface area contributed by atoms with E-state index in [1.54, 1.807) is 24.3 Å². The zero-order chi connectivity index (χ0) is 24.1. The van der Waals surface area contributed by atoms with Crippen molar-refractivity contribution >= 4 is 57.2 Å². The first-order chi connectivity index (χ1) is 16.5. The van der Waals surface area contributed by atoms with Crippen LogP contribution in [0.4, 0.5) is 10.7 Å². The van der Waals surface area contributed by atoms with Crippen LogP contribution in [-0.4, -0.2) is 17.1 Å². The Labute approximate surface area is 212 Å². The first kappa shape index (κ1) is 24.3. The van der Waals surface area contributed by atoms with E-state index < -0.39 is 0 Å². The summed E-state index contributed by atoms with van der Waals surface area (Å²) < 4.78 is 0. The van der Waals surface area contributed by atoms with Gasteiger partial charge >= 0.3 is 0 Å². The molecular formula is C26H24ClN3O2S2.